The van der Waals surface area contributed by atoms with Crippen molar-refractivity contribution in [1.82, 2.24) is 20.1 Å². The highest BCUT2D eigenvalue weighted by atomic mass is 35.5. The summed E-state index contributed by atoms with van der Waals surface area (Å²) in [4.78, 5) is 22.8. The first kappa shape index (κ1) is 21.8. The van der Waals surface area contributed by atoms with Crippen molar-refractivity contribution in [2.24, 2.45) is 0 Å². The molecular weight excluding hydrogens is 462 g/mol. The van der Waals surface area contributed by atoms with Crippen molar-refractivity contribution in [1.29, 1.82) is 0 Å². The minimum atomic E-state index is -0.510. The van der Waals surface area contributed by atoms with Crippen molar-refractivity contribution in [3.63, 3.8) is 0 Å². The minimum Gasteiger partial charge on any atom is -0.456 e. The van der Waals surface area contributed by atoms with Crippen molar-refractivity contribution in [2.75, 3.05) is 7.11 Å². The molecule has 34 heavy (non-hydrogen) atoms. The lowest BCUT2D eigenvalue weighted by atomic mass is 10.1. The number of non-ortho nitro benzene ring substituents is 1. The van der Waals surface area contributed by atoms with Crippen LogP contribution in [0.1, 0.15) is 18.3 Å². The van der Waals surface area contributed by atoms with Gasteiger partial charge in [0.15, 0.2) is 5.82 Å². The minimum absolute atomic E-state index is 0.110. The maximum Gasteiger partial charge on any atom is 0.276 e. The zero-order valence-electron chi connectivity index (χ0n) is 18.2. The van der Waals surface area contributed by atoms with Gasteiger partial charge in [0.1, 0.15) is 17.2 Å². The third-order valence-corrected chi connectivity index (χ3v) is 5.63. The zero-order valence-corrected chi connectivity index (χ0v) is 18.9. The van der Waals surface area contributed by atoms with Crippen LogP contribution in [0.2, 0.25) is 5.02 Å². The number of nitro groups is 1. The number of hydrogen-bond acceptors (Lipinski definition) is 8. The highest BCUT2D eigenvalue weighted by molar-refractivity contribution is 6.32. The maximum atomic E-state index is 11.0. The molecule has 0 spiro atoms. The number of hydrogen-bond donors (Lipinski definition) is 1. The van der Waals surface area contributed by atoms with Gasteiger partial charge in [-0.25, -0.2) is 4.98 Å². The van der Waals surface area contributed by atoms with Crippen molar-refractivity contribution >= 4 is 39.1 Å². The standard InChI is InChI=1S/C23H18ClN5O5/c1-3-20-27-23(34-28-20)22-15(11-32-2)21-14-9-13(5-6-17(14)26-18(21)10-25-22)33-19-7-4-12(29(30)31)8-16(19)24/h4-10,26H,3,11H2,1-2H3. The van der Waals surface area contributed by atoms with Crippen molar-refractivity contribution in [3.05, 3.63) is 69.1 Å². The van der Waals surface area contributed by atoms with E-state index in [0.29, 0.717) is 35.3 Å². The molecule has 0 bridgehead atoms. The molecule has 0 aliphatic heterocycles. The molecule has 0 amide bonds. The summed E-state index contributed by atoms with van der Waals surface area (Å²) in [7, 11) is 1.61. The molecule has 0 saturated carbocycles. The molecule has 0 unspecified atom stereocenters. The van der Waals surface area contributed by atoms with Gasteiger partial charge in [0, 0.05) is 47.5 Å². The fourth-order valence-electron chi connectivity index (χ4n) is 3.78. The molecular formula is C23H18ClN5O5. The summed E-state index contributed by atoms with van der Waals surface area (Å²) >= 11 is 6.20. The van der Waals surface area contributed by atoms with Gasteiger partial charge in [0.05, 0.1) is 28.3 Å². The lowest BCUT2D eigenvalue weighted by Crippen LogP contribution is -1.97. The first-order valence-electron chi connectivity index (χ1n) is 10.4. The Bertz CT molecular complexity index is 1540. The normalized spacial score (nSPS) is 11.4. The summed E-state index contributed by atoms with van der Waals surface area (Å²) in [6.07, 6.45) is 2.36. The number of aromatic amines is 1. The Labute approximate surface area is 197 Å². The molecule has 0 fully saturated rings. The molecule has 0 aliphatic rings. The number of H-pyrrole nitrogens is 1. The quantitative estimate of drug-likeness (QED) is 0.228. The summed E-state index contributed by atoms with van der Waals surface area (Å²) in [6, 6.07) is 9.59. The van der Waals surface area contributed by atoms with E-state index in [4.69, 9.17) is 25.6 Å². The Kier molecular flexibility index (Phi) is 5.60. The Morgan fingerprint density at radius 1 is 1.21 bits per heavy atom. The van der Waals surface area contributed by atoms with E-state index >= 15 is 0 Å². The topological polar surface area (TPSA) is 129 Å². The van der Waals surface area contributed by atoms with Gasteiger partial charge < -0.3 is 19.0 Å². The number of benzene rings is 2. The highest BCUT2D eigenvalue weighted by Gasteiger charge is 2.20. The number of fused-ring (bicyclic) bond motifs is 3. The maximum absolute atomic E-state index is 11.0. The van der Waals surface area contributed by atoms with Gasteiger partial charge in [0.25, 0.3) is 11.6 Å². The molecule has 1 N–H and O–H groups in total. The van der Waals surface area contributed by atoms with E-state index in [1.165, 1.54) is 18.2 Å². The summed E-state index contributed by atoms with van der Waals surface area (Å²) < 4.78 is 16.9. The number of pyridine rings is 1. The molecule has 0 saturated heterocycles. The first-order chi connectivity index (χ1) is 16.5. The van der Waals surface area contributed by atoms with Gasteiger partial charge in [-0.3, -0.25) is 10.1 Å². The lowest BCUT2D eigenvalue weighted by molar-refractivity contribution is -0.384. The van der Waals surface area contributed by atoms with Gasteiger partial charge in [0.2, 0.25) is 0 Å². The summed E-state index contributed by atoms with van der Waals surface area (Å²) in [6.45, 7) is 2.22. The number of nitrogens with one attached hydrogen (secondary N) is 1. The average molecular weight is 480 g/mol. The zero-order chi connectivity index (χ0) is 23.8. The second kappa shape index (κ2) is 8.73. The number of halogens is 1. The summed E-state index contributed by atoms with van der Waals surface area (Å²) in [5, 5.41) is 16.8. The Morgan fingerprint density at radius 3 is 2.76 bits per heavy atom. The van der Waals surface area contributed by atoms with E-state index in [1.54, 1.807) is 19.4 Å². The Morgan fingerprint density at radius 2 is 2.06 bits per heavy atom. The third kappa shape index (κ3) is 3.82. The van der Waals surface area contributed by atoms with Gasteiger partial charge in [-0.05, 0) is 24.3 Å². The van der Waals surface area contributed by atoms with Crippen LogP contribution < -0.4 is 4.74 Å². The van der Waals surface area contributed by atoms with Crippen LogP contribution in [-0.4, -0.2) is 32.1 Å². The van der Waals surface area contributed by atoms with Gasteiger partial charge in [-0.1, -0.05) is 23.7 Å². The van der Waals surface area contributed by atoms with Crippen molar-refractivity contribution in [3.8, 4) is 23.1 Å². The number of nitrogens with zero attached hydrogens (tertiary/aromatic N) is 4. The molecule has 2 aromatic carbocycles. The van der Waals surface area contributed by atoms with Crippen molar-refractivity contribution < 1.29 is 18.9 Å². The monoisotopic (exact) mass is 479 g/mol. The predicted molar refractivity (Wildman–Crippen MR) is 125 cm³/mol. The van der Waals surface area contributed by atoms with Gasteiger partial charge >= 0.3 is 0 Å². The number of aryl methyl sites for hydroxylation is 1. The number of rotatable bonds is 7. The SMILES string of the molecule is CCc1noc(-c2ncc3[nH]c4ccc(Oc5ccc([N+](=O)[O-])cc5Cl)cc4c3c2COC)n1. The largest absolute Gasteiger partial charge is 0.456 e. The Balaban J connectivity index is 1.63. The fraction of sp³-hybridized carbons (Fsp3) is 0.174. The van der Waals surface area contributed by atoms with Crippen LogP contribution in [0.5, 0.6) is 11.5 Å². The van der Waals surface area contributed by atoms with E-state index in [-0.39, 0.29) is 17.3 Å². The number of nitro benzene ring substituents is 1. The van der Waals surface area contributed by atoms with E-state index in [1.807, 2.05) is 19.1 Å². The number of methoxy groups -OCH3 is 1. The molecule has 3 aromatic heterocycles. The van der Waals surface area contributed by atoms with Crippen LogP contribution in [0.4, 0.5) is 5.69 Å². The average Bonchev–Trinajstić information content (AvgIpc) is 3.45. The lowest BCUT2D eigenvalue weighted by Gasteiger charge is -2.09. The molecule has 0 atom stereocenters. The van der Waals surface area contributed by atoms with Crippen LogP contribution in [0.3, 0.4) is 0 Å². The second-order valence-electron chi connectivity index (χ2n) is 7.48. The van der Waals surface area contributed by atoms with Crippen LogP contribution in [0, 0.1) is 10.1 Å². The van der Waals surface area contributed by atoms with E-state index in [0.717, 1.165) is 27.4 Å². The molecule has 0 aliphatic carbocycles. The van der Waals surface area contributed by atoms with E-state index in [9.17, 15) is 10.1 Å². The molecule has 5 rings (SSSR count). The van der Waals surface area contributed by atoms with Crippen LogP contribution in [0.25, 0.3) is 33.4 Å². The van der Waals surface area contributed by atoms with Gasteiger partial charge in [-0.2, -0.15) is 4.98 Å². The van der Waals surface area contributed by atoms with Crippen LogP contribution >= 0.6 is 11.6 Å². The number of aromatic nitrogens is 4. The predicted octanol–water partition coefficient (Wildman–Crippen LogP) is 5.83. The molecule has 5 aromatic rings. The smallest absolute Gasteiger partial charge is 0.276 e. The third-order valence-electron chi connectivity index (χ3n) is 5.34. The van der Waals surface area contributed by atoms with E-state index in [2.05, 4.69) is 20.1 Å². The van der Waals surface area contributed by atoms with Crippen LogP contribution in [-0.2, 0) is 17.8 Å². The van der Waals surface area contributed by atoms with Gasteiger partial charge in [-0.15, -0.1) is 0 Å². The summed E-state index contributed by atoms with van der Waals surface area (Å²) in [5.74, 6) is 1.74. The van der Waals surface area contributed by atoms with Crippen molar-refractivity contribution in [2.45, 2.75) is 20.0 Å². The highest BCUT2D eigenvalue weighted by Crippen LogP contribution is 2.37. The Hall–Kier alpha value is -4.02. The fourth-order valence-corrected chi connectivity index (χ4v) is 3.99. The summed E-state index contributed by atoms with van der Waals surface area (Å²) in [5.41, 5.74) is 2.91. The molecule has 0 radical (unpaired) electrons. The first-order valence-corrected chi connectivity index (χ1v) is 10.7. The molecule has 10 nitrogen and oxygen atoms in total. The molecule has 3 heterocycles. The van der Waals surface area contributed by atoms with Crippen LogP contribution in [0.15, 0.2) is 47.1 Å². The number of ether oxygens (including phenoxy) is 2. The van der Waals surface area contributed by atoms with E-state index < -0.39 is 4.92 Å². The molecule has 11 heteroatoms. The second-order valence-corrected chi connectivity index (χ2v) is 7.89. The molecule has 172 valence electrons.